The molecule has 0 aliphatic heterocycles. The fraction of sp³-hybridized carbons (Fsp3) is 0.917. The van der Waals surface area contributed by atoms with Crippen LogP contribution in [0.15, 0.2) is 0 Å². The standard InChI is InChI=1S/C12H22N2O/c1-3-12(10-13,14-2)8-5-9-15-11-6-4-7-11/h11,14H,3-9H2,1-2H3. The van der Waals surface area contributed by atoms with Crippen LogP contribution in [-0.4, -0.2) is 25.3 Å². The third-order valence-electron chi connectivity index (χ3n) is 3.45. The number of rotatable bonds is 7. The Morgan fingerprint density at radius 3 is 2.67 bits per heavy atom. The van der Waals surface area contributed by atoms with Crippen molar-refractivity contribution in [3.05, 3.63) is 0 Å². The summed E-state index contributed by atoms with van der Waals surface area (Å²) in [6.45, 7) is 2.85. The number of nitrogens with one attached hydrogen (secondary N) is 1. The molecule has 1 saturated carbocycles. The first-order valence-electron chi connectivity index (χ1n) is 5.98. The normalized spacial score (nSPS) is 20.3. The van der Waals surface area contributed by atoms with Crippen molar-refractivity contribution in [3.8, 4) is 6.07 Å². The van der Waals surface area contributed by atoms with E-state index in [0.29, 0.717) is 6.10 Å². The van der Waals surface area contributed by atoms with Crippen LogP contribution >= 0.6 is 0 Å². The summed E-state index contributed by atoms with van der Waals surface area (Å²) in [5.74, 6) is 0. The Hall–Kier alpha value is -0.590. The molecule has 3 nitrogen and oxygen atoms in total. The predicted octanol–water partition coefficient (Wildman–Crippen LogP) is 2.23. The number of hydrogen-bond donors (Lipinski definition) is 1. The molecule has 0 bridgehead atoms. The average molecular weight is 210 g/mol. The molecular weight excluding hydrogens is 188 g/mol. The number of nitriles is 1. The first-order chi connectivity index (χ1) is 7.26. The van der Waals surface area contributed by atoms with E-state index in [2.05, 4.69) is 11.4 Å². The summed E-state index contributed by atoms with van der Waals surface area (Å²) in [7, 11) is 1.86. The van der Waals surface area contributed by atoms with Crippen molar-refractivity contribution in [2.45, 2.75) is 57.1 Å². The molecule has 3 heteroatoms. The van der Waals surface area contributed by atoms with Gasteiger partial charge in [0.15, 0.2) is 0 Å². The molecule has 0 amide bonds. The van der Waals surface area contributed by atoms with Crippen LogP contribution in [0.25, 0.3) is 0 Å². The van der Waals surface area contributed by atoms with Gasteiger partial charge in [-0.2, -0.15) is 5.26 Å². The summed E-state index contributed by atoms with van der Waals surface area (Å²) in [6, 6.07) is 2.36. The molecule has 0 spiro atoms. The lowest BCUT2D eigenvalue weighted by atomic mass is 9.92. The Morgan fingerprint density at radius 1 is 1.53 bits per heavy atom. The number of ether oxygens (including phenoxy) is 1. The van der Waals surface area contributed by atoms with Crippen LogP contribution in [0.2, 0.25) is 0 Å². The molecular formula is C12H22N2O. The first-order valence-corrected chi connectivity index (χ1v) is 5.98. The quantitative estimate of drug-likeness (QED) is 0.655. The molecule has 1 aliphatic carbocycles. The summed E-state index contributed by atoms with van der Waals surface area (Å²) in [5.41, 5.74) is -0.344. The SMILES string of the molecule is CCC(C#N)(CCCOC1CCC1)NC. The van der Waals surface area contributed by atoms with E-state index in [4.69, 9.17) is 10.00 Å². The molecule has 0 aromatic rings. The molecule has 1 aliphatic rings. The molecule has 1 atom stereocenters. The van der Waals surface area contributed by atoms with Crippen molar-refractivity contribution in [1.29, 1.82) is 5.26 Å². The van der Waals surface area contributed by atoms with Gasteiger partial charge in [0.05, 0.1) is 12.2 Å². The molecule has 0 aromatic carbocycles. The van der Waals surface area contributed by atoms with Crippen LogP contribution in [0, 0.1) is 11.3 Å². The maximum absolute atomic E-state index is 9.09. The monoisotopic (exact) mass is 210 g/mol. The molecule has 15 heavy (non-hydrogen) atoms. The highest BCUT2D eigenvalue weighted by atomic mass is 16.5. The van der Waals surface area contributed by atoms with Gasteiger partial charge in [-0.05, 0) is 45.6 Å². The molecule has 0 saturated heterocycles. The van der Waals surface area contributed by atoms with Gasteiger partial charge in [0.2, 0.25) is 0 Å². The summed E-state index contributed by atoms with van der Waals surface area (Å²) < 4.78 is 5.67. The Morgan fingerprint density at radius 2 is 2.27 bits per heavy atom. The van der Waals surface area contributed by atoms with E-state index >= 15 is 0 Å². The van der Waals surface area contributed by atoms with E-state index in [-0.39, 0.29) is 5.54 Å². The third-order valence-corrected chi connectivity index (χ3v) is 3.45. The number of nitrogens with zero attached hydrogens (tertiary/aromatic N) is 1. The van der Waals surface area contributed by atoms with Gasteiger partial charge in [-0.1, -0.05) is 6.92 Å². The summed E-state index contributed by atoms with van der Waals surface area (Å²) in [5, 5.41) is 12.2. The van der Waals surface area contributed by atoms with Crippen LogP contribution in [0.1, 0.15) is 45.4 Å². The molecule has 0 heterocycles. The molecule has 1 unspecified atom stereocenters. The van der Waals surface area contributed by atoms with Crippen molar-refractivity contribution in [2.24, 2.45) is 0 Å². The molecule has 1 fully saturated rings. The maximum atomic E-state index is 9.09. The van der Waals surface area contributed by atoms with Gasteiger partial charge >= 0.3 is 0 Å². The highest BCUT2D eigenvalue weighted by molar-refractivity contribution is 5.05. The van der Waals surface area contributed by atoms with Gasteiger partial charge in [-0.15, -0.1) is 0 Å². The smallest absolute Gasteiger partial charge is 0.106 e. The van der Waals surface area contributed by atoms with E-state index in [9.17, 15) is 0 Å². The first kappa shape index (κ1) is 12.5. The Balaban J connectivity index is 2.13. The van der Waals surface area contributed by atoms with Crippen molar-refractivity contribution in [1.82, 2.24) is 5.32 Å². The van der Waals surface area contributed by atoms with E-state index in [1.165, 1.54) is 19.3 Å². The summed E-state index contributed by atoms with van der Waals surface area (Å²) in [6.07, 6.45) is 6.98. The van der Waals surface area contributed by atoms with Crippen molar-refractivity contribution in [2.75, 3.05) is 13.7 Å². The van der Waals surface area contributed by atoms with Gasteiger partial charge in [-0.25, -0.2) is 0 Å². The summed E-state index contributed by atoms with van der Waals surface area (Å²) >= 11 is 0. The molecule has 0 radical (unpaired) electrons. The molecule has 0 aromatic heterocycles. The Bertz CT molecular complexity index is 214. The van der Waals surface area contributed by atoms with Crippen LogP contribution in [0.4, 0.5) is 0 Å². The number of hydrogen-bond acceptors (Lipinski definition) is 3. The second-order valence-corrected chi connectivity index (χ2v) is 4.32. The minimum Gasteiger partial charge on any atom is -0.378 e. The minimum absolute atomic E-state index is 0.344. The second-order valence-electron chi connectivity index (χ2n) is 4.32. The maximum Gasteiger partial charge on any atom is 0.106 e. The zero-order valence-corrected chi connectivity index (χ0v) is 9.88. The molecule has 1 rings (SSSR count). The van der Waals surface area contributed by atoms with Crippen molar-refractivity contribution < 1.29 is 4.74 Å². The lowest BCUT2D eigenvalue weighted by Crippen LogP contribution is -2.41. The largest absolute Gasteiger partial charge is 0.378 e. The van der Waals surface area contributed by atoms with Gasteiger partial charge in [0.25, 0.3) is 0 Å². The van der Waals surface area contributed by atoms with Crippen LogP contribution < -0.4 is 5.32 Å². The van der Waals surface area contributed by atoms with Crippen LogP contribution in [0.5, 0.6) is 0 Å². The van der Waals surface area contributed by atoms with Crippen molar-refractivity contribution >= 4 is 0 Å². The van der Waals surface area contributed by atoms with Gasteiger partial charge in [0, 0.05) is 6.61 Å². The predicted molar refractivity (Wildman–Crippen MR) is 60.5 cm³/mol. The highest BCUT2D eigenvalue weighted by Crippen LogP contribution is 2.23. The fourth-order valence-corrected chi connectivity index (χ4v) is 1.83. The Labute approximate surface area is 92.8 Å². The van der Waals surface area contributed by atoms with Crippen LogP contribution in [-0.2, 0) is 4.74 Å². The van der Waals surface area contributed by atoms with Gasteiger partial charge < -0.3 is 10.1 Å². The minimum atomic E-state index is -0.344. The summed E-state index contributed by atoms with van der Waals surface area (Å²) in [4.78, 5) is 0. The topological polar surface area (TPSA) is 45.0 Å². The van der Waals surface area contributed by atoms with Gasteiger partial charge in [-0.3, -0.25) is 0 Å². The van der Waals surface area contributed by atoms with Crippen molar-refractivity contribution in [3.63, 3.8) is 0 Å². The lowest BCUT2D eigenvalue weighted by Gasteiger charge is -2.27. The van der Waals surface area contributed by atoms with Gasteiger partial charge in [0.1, 0.15) is 5.54 Å². The molecule has 1 N–H and O–H groups in total. The fourth-order valence-electron chi connectivity index (χ4n) is 1.83. The zero-order valence-electron chi connectivity index (χ0n) is 9.88. The Kier molecular flexibility index (Phi) is 5.07. The van der Waals surface area contributed by atoms with Crippen LogP contribution in [0.3, 0.4) is 0 Å². The zero-order chi connectivity index (χ0) is 11.1. The lowest BCUT2D eigenvalue weighted by molar-refractivity contribution is -0.000743. The van der Waals surface area contributed by atoms with E-state index in [1.807, 2.05) is 14.0 Å². The molecule has 86 valence electrons. The average Bonchev–Trinajstić information content (AvgIpc) is 2.22. The highest BCUT2D eigenvalue weighted by Gasteiger charge is 2.25. The van der Waals surface area contributed by atoms with E-state index in [0.717, 1.165) is 25.9 Å². The third kappa shape index (κ3) is 3.48. The second kappa shape index (κ2) is 6.09. The van der Waals surface area contributed by atoms with E-state index in [1.54, 1.807) is 0 Å². The van der Waals surface area contributed by atoms with E-state index < -0.39 is 0 Å².